The van der Waals surface area contributed by atoms with Gasteiger partial charge in [0.15, 0.2) is 0 Å². The molecule has 0 saturated heterocycles. The minimum Gasteiger partial charge on any atom is -0.449 e. The number of rotatable bonds is 8. The molecule has 0 spiro atoms. The number of carboxylic acid groups (broad SMARTS) is 1. The summed E-state index contributed by atoms with van der Waals surface area (Å²) in [5.74, 6) is 0.910. The lowest BCUT2D eigenvalue weighted by Crippen LogP contribution is -2.32. The highest BCUT2D eigenvalue weighted by Crippen LogP contribution is 2.32. The van der Waals surface area contributed by atoms with Gasteiger partial charge in [-0.2, -0.15) is 0 Å². The molecule has 0 saturated carbocycles. The van der Waals surface area contributed by atoms with E-state index in [1.807, 2.05) is 0 Å². The number of carbonyl (C=O) groups excluding carboxylic acids is 1. The van der Waals surface area contributed by atoms with Gasteiger partial charge < -0.3 is 25.4 Å². The van der Waals surface area contributed by atoms with Gasteiger partial charge in [0.05, 0.1) is 29.5 Å². The number of hydrogen-bond donors (Lipinski definition) is 3. The Kier molecular flexibility index (Phi) is 7.76. The zero-order valence-corrected chi connectivity index (χ0v) is 17.0. The standard InChI is InChI=1S/C20H27N5O4/c1-13(2)10-25(11-14(3)4)18-6-5-16(29-20(27)28)7-17(18)24-19(26)23-15-8-21-12-22-9-15/h5-9,12-14H,10-11H2,1-4H3,(H,27,28)(H2,23,24,26). The maximum Gasteiger partial charge on any atom is 0.511 e. The van der Waals surface area contributed by atoms with E-state index >= 15 is 0 Å². The van der Waals surface area contributed by atoms with Gasteiger partial charge in [-0.05, 0) is 24.0 Å². The molecule has 156 valence electrons. The van der Waals surface area contributed by atoms with Crippen LogP contribution in [0.2, 0.25) is 0 Å². The van der Waals surface area contributed by atoms with Crippen molar-refractivity contribution in [3.8, 4) is 5.75 Å². The lowest BCUT2D eigenvalue weighted by Gasteiger charge is -2.30. The summed E-state index contributed by atoms with van der Waals surface area (Å²) in [6.45, 7) is 10.0. The molecule has 1 heterocycles. The van der Waals surface area contributed by atoms with Crippen LogP contribution >= 0.6 is 0 Å². The molecule has 0 radical (unpaired) electrons. The number of anilines is 3. The van der Waals surface area contributed by atoms with E-state index in [-0.39, 0.29) is 5.75 Å². The quantitative estimate of drug-likeness (QED) is 0.446. The fourth-order valence-corrected chi connectivity index (χ4v) is 2.86. The molecule has 0 aliphatic rings. The lowest BCUT2D eigenvalue weighted by atomic mass is 10.1. The van der Waals surface area contributed by atoms with Gasteiger partial charge in [0, 0.05) is 19.2 Å². The minimum absolute atomic E-state index is 0.119. The highest BCUT2D eigenvalue weighted by Gasteiger charge is 2.18. The third kappa shape index (κ3) is 7.28. The largest absolute Gasteiger partial charge is 0.511 e. The molecule has 2 aromatic rings. The first kappa shape index (κ1) is 21.9. The van der Waals surface area contributed by atoms with E-state index in [4.69, 9.17) is 9.84 Å². The fraction of sp³-hybridized carbons (Fsp3) is 0.400. The average molecular weight is 401 g/mol. The predicted molar refractivity (Wildman–Crippen MR) is 112 cm³/mol. The third-order valence-corrected chi connectivity index (χ3v) is 3.75. The van der Waals surface area contributed by atoms with Crippen LogP contribution < -0.4 is 20.3 Å². The maximum absolute atomic E-state index is 12.5. The molecule has 1 aromatic heterocycles. The first-order chi connectivity index (χ1) is 13.7. The maximum atomic E-state index is 12.5. The zero-order valence-electron chi connectivity index (χ0n) is 17.0. The van der Waals surface area contributed by atoms with E-state index in [9.17, 15) is 9.59 Å². The van der Waals surface area contributed by atoms with Crippen molar-refractivity contribution >= 4 is 29.2 Å². The van der Waals surface area contributed by atoms with Crippen molar-refractivity contribution in [1.29, 1.82) is 0 Å². The molecule has 0 aliphatic heterocycles. The first-order valence-corrected chi connectivity index (χ1v) is 9.37. The van der Waals surface area contributed by atoms with Crippen LogP contribution in [0.4, 0.5) is 26.7 Å². The number of aromatic nitrogens is 2. The molecule has 2 rings (SSSR count). The van der Waals surface area contributed by atoms with Crippen molar-refractivity contribution in [3.05, 3.63) is 36.9 Å². The first-order valence-electron chi connectivity index (χ1n) is 9.37. The molecular weight excluding hydrogens is 374 g/mol. The minimum atomic E-state index is -1.42. The van der Waals surface area contributed by atoms with Crippen molar-refractivity contribution in [2.45, 2.75) is 27.7 Å². The molecule has 0 aliphatic carbocycles. The molecule has 29 heavy (non-hydrogen) atoms. The van der Waals surface area contributed by atoms with Gasteiger partial charge in [-0.3, -0.25) is 0 Å². The van der Waals surface area contributed by atoms with Crippen molar-refractivity contribution in [2.75, 3.05) is 28.6 Å². The van der Waals surface area contributed by atoms with E-state index in [2.05, 4.69) is 53.2 Å². The molecule has 3 N–H and O–H groups in total. The molecule has 0 atom stereocenters. The summed E-state index contributed by atoms with van der Waals surface area (Å²) < 4.78 is 4.76. The Balaban J connectivity index is 2.33. The van der Waals surface area contributed by atoms with E-state index in [0.717, 1.165) is 18.8 Å². The van der Waals surface area contributed by atoms with Crippen LogP contribution in [0, 0.1) is 11.8 Å². The fourth-order valence-electron chi connectivity index (χ4n) is 2.86. The van der Waals surface area contributed by atoms with Gasteiger partial charge in [-0.1, -0.05) is 27.7 Å². The van der Waals surface area contributed by atoms with E-state index in [1.165, 1.54) is 24.8 Å². The Morgan fingerprint density at radius 1 is 1.07 bits per heavy atom. The number of nitrogens with zero attached hydrogens (tertiary/aromatic N) is 3. The second kappa shape index (κ2) is 10.3. The Hall–Kier alpha value is -3.36. The Bertz CT molecular complexity index is 817. The van der Waals surface area contributed by atoms with Crippen molar-refractivity contribution in [2.24, 2.45) is 11.8 Å². The number of ether oxygens (including phenoxy) is 1. The van der Waals surface area contributed by atoms with Gasteiger partial charge in [-0.15, -0.1) is 0 Å². The number of benzene rings is 1. The van der Waals surface area contributed by atoms with Crippen LogP contribution in [-0.4, -0.2) is 40.4 Å². The molecular formula is C20H27N5O4. The third-order valence-electron chi connectivity index (χ3n) is 3.75. The predicted octanol–water partition coefficient (Wildman–Crippen LogP) is 4.30. The normalized spacial score (nSPS) is 10.7. The molecule has 9 heteroatoms. The van der Waals surface area contributed by atoms with Gasteiger partial charge in [0.25, 0.3) is 0 Å². The van der Waals surface area contributed by atoms with E-state index in [0.29, 0.717) is 23.2 Å². The number of carbonyl (C=O) groups is 2. The summed E-state index contributed by atoms with van der Waals surface area (Å²) in [5, 5.41) is 14.3. The lowest BCUT2D eigenvalue weighted by molar-refractivity contribution is 0.144. The topological polar surface area (TPSA) is 117 Å². The van der Waals surface area contributed by atoms with Crippen LogP contribution in [0.25, 0.3) is 0 Å². The second-order valence-corrected chi connectivity index (χ2v) is 7.45. The van der Waals surface area contributed by atoms with Crippen LogP contribution in [0.1, 0.15) is 27.7 Å². The van der Waals surface area contributed by atoms with Crippen molar-refractivity contribution in [3.63, 3.8) is 0 Å². The van der Waals surface area contributed by atoms with Gasteiger partial charge in [0.2, 0.25) is 0 Å². The summed E-state index contributed by atoms with van der Waals surface area (Å²) in [6.07, 6.45) is 2.89. The average Bonchev–Trinajstić information content (AvgIpc) is 2.61. The number of amides is 2. The SMILES string of the molecule is CC(C)CN(CC(C)C)c1ccc(OC(=O)O)cc1NC(=O)Nc1cncnc1. The summed E-state index contributed by atoms with van der Waals surface area (Å²) in [5.41, 5.74) is 1.66. The molecule has 0 fully saturated rings. The summed E-state index contributed by atoms with van der Waals surface area (Å²) in [4.78, 5) is 33.3. The number of nitrogens with one attached hydrogen (secondary N) is 2. The number of urea groups is 1. The Morgan fingerprint density at radius 2 is 1.69 bits per heavy atom. The Labute approximate surface area is 170 Å². The second-order valence-electron chi connectivity index (χ2n) is 7.45. The molecule has 0 unspecified atom stereocenters. The summed E-state index contributed by atoms with van der Waals surface area (Å²) in [7, 11) is 0. The summed E-state index contributed by atoms with van der Waals surface area (Å²) in [6, 6.07) is 4.33. The summed E-state index contributed by atoms with van der Waals surface area (Å²) >= 11 is 0. The van der Waals surface area contributed by atoms with Gasteiger partial charge in [-0.25, -0.2) is 19.6 Å². The van der Waals surface area contributed by atoms with E-state index < -0.39 is 12.2 Å². The molecule has 1 aromatic carbocycles. The smallest absolute Gasteiger partial charge is 0.449 e. The highest BCUT2D eigenvalue weighted by molar-refractivity contribution is 6.02. The van der Waals surface area contributed by atoms with Crippen LogP contribution in [0.3, 0.4) is 0 Å². The molecule has 2 amide bonds. The van der Waals surface area contributed by atoms with Gasteiger partial charge >= 0.3 is 12.2 Å². The van der Waals surface area contributed by atoms with Gasteiger partial charge in [0.1, 0.15) is 12.1 Å². The Morgan fingerprint density at radius 3 is 2.24 bits per heavy atom. The van der Waals surface area contributed by atoms with Crippen LogP contribution in [-0.2, 0) is 0 Å². The molecule has 9 nitrogen and oxygen atoms in total. The monoisotopic (exact) mass is 401 g/mol. The van der Waals surface area contributed by atoms with Crippen molar-refractivity contribution in [1.82, 2.24) is 9.97 Å². The highest BCUT2D eigenvalue weighted by atomic mass is 16.7. The van der Waals surface area contributed by atoms with Crippen LogP contribution in [0.15, 0.2) is 36.9 Å². The number of hydrogen-bond acceptors (Lipinski definition) is 6. The van der Waals surface area contributed by atoms with Crippen LogP contribution in [0.5, 0.6) is 5.75 Å². The van der Waals surface area contributed by atoms with Crippen molar-refractivity contribution < 1.29 is 19.4 Å². The molecule has 0 bridgehead atoms. The zero-order chi connectivity index (χ0) is 21.4. The van der Waals surface area contributed by atoms with E-state index in [1.54, 1.807) is 12.1 Å².